The van der Waals surface area contributed by atoms with Crippen LogP contribution in [-0.2, 0) is 4.74 Å². The Balaban J connectivity index is 1.38. The molecule has 0 radical (unpaired) electrons. The van der Waals surface area contributed by atoms with Crippen LogP contribution in [0.2, 0.25) is 0 Å². The fourth-order valence-electron chi connectivity index (χ4n) is 3.73. The summed E-state index contributed by atoms with van der Waals surface area (Å²) in [5.74, 6) is 0.769. The van der Waals surface area contributed by atoms with Gasteiger partial charge in [0.2, 0.25) is 5.95 Å². The number of urea groups is 1. The summed E-state index contributed by atoms with van der Waals surface area (Å²) in [4.78, 5) is 27.9. The van der Waals surface area contributed by atoms with Crippen molar-refractivity contribution in [2.24, 2.45) is 0 Å². The van der Waals surface area contributed by atoms with Gasteiger partial charge in [-0.3, -0.25) is 0 Å². The zero-order valence-corrected chi connectivity index (χ0v) is 17.1. The molecule has 1 aromatic carbocycles. The number of rotatable bonds is 2. The van der Waals surface area contributed by atoms with Gasteiger partial charge in [0.1, 0.15) is 0 Å². The number of benzene rings is 1. The lowest BCUT2D eigenvalue weighted by molar-refractivity contribution is 0.0409. The number of fused-ring (bicyclic) bond motifs is 1. The molecule has 0 spiro atoms. The molecule has 8 heteroatoms. The molecule has 2 amide bonds. The van der Waals surface area contributed by atoms with E-state index in [2.05, 4.69) is 25.8 Å². The third-order valence-electron chi connectivity index (χ3n) is 5.41. The van der Waals surface area contributed by atoms with Crippen LogP contribution in [0.15, 0.2) is 28.9 Å². The predicted octanol–water partition coefficient (Wildman–Crippen LogP) is 2.75. The maximum Gasteiger partial charge on any atom is 0.320 e. The van der Waals surface area contributed by atoms with Gasteiger partial charge in [0.05, 0.1) is 18.7 Å². The molecule has 2 fully saturated rings. The second-order valence-electron chi connectivity index (χ2n) is 7.08. The molecule has 3 heterocycles. The molecule has 0 atom stereocenters. The van der Waals surface area contributed by atoms with Gasteiger partial charge in [-0.25, -0.2) is 14.8 Å². The first-order chi connectivity index (χ1) is 13.1. The van der Waals surface area contributed by atoms with E-state index in [0.717, 1.165) is 47.3 Å². The van der Waals surface area contributed by atoms with Crippen molar-refractivity contribution >= 4 is 38.8 Å². The van der Waals surface area contributed by atoms with Gasteiger partial charge in [-0.1, -0.05) is 15.9 Å². The quantitative estimate of drug-likeness (QED) is 0.728. The average molecular weight is 434 g/mol. The summed E-state index contributed by atoms with van der Waals surface area (Å²) in [6, 6.07) is 6.40. The van der Waals surface area contributed by atoms with E-state index in [9.17, 15) is 4.79 Å². The monoisotopic (exact) mass is 433 g/mol. The first-order valence-electron chi connectivity index (χ1n) is 9.38. The van der Waals surface area contributed by atoms with Crippen LogP contribution in [0.25, 0.3) is 10.9 Å². The van der Waals surface area contributed by atoms with Crippen molar-refractivity contribution in [1.29, 1.82) is 0 Å². The zero-order valence-electron chi connectivity index (χ0n) is 15.5. The van der Waals surface area contributed by atoms with Crippen molar-refractivity contribution < 1.29 is 9.53 Å². The molecular formula is C19H24BrN5O2. The van der Waals surface area contributed by atoms with Gasteiger partial charge in [-0.2, -0.15) is 0 Å². The molecule has 2 saturated heterocycles. The molecular weight excluding hydrogens is 410 g/mol. The Morgan fingerprint density at radius 2 is 1.96 bits per heavy atom. The highest BCUT2D eigenvalue weighted by atomic mass is 79.9. The van der Waals surface area contributed by atoms with E-state index in [4.69, 9.17) is 9.72 Å². The lowest BCUT2D eigenvalue weighted by atomic mass is 10.0. The summed E-state index contributed by atoms with van der Waals surface area (Å²) in [7, 11) is 1.92. The van der Waals surface area contributed by atoms with Crippen molar-refractivity contribution in [2.75, 3.05) is 51.3 Å². The van der Waals surface area contributed by atoms with E-state index in [1.807, 2.05) is 41.2 Å². The second-order valence-corrected chi connectivity index (χ2v) is 8.00. The van der Waals surface area contributed by atoms with E-state index >= 15 is 0 Å². The smallest absolute Gasteiger partial charge is 0.320 e. The number of aromatic nitrogens is 2. The Morgan fingerprint density at radius 1 is 1.22 bits per heavy atom. The lowest BCUT2D eigenvalue weighted by Crippen LogP contribution is -2.52. The Hall–Kier alpha value is -1.93. The summed E-state index contributed by atoms with van der Waals surface area (Å²) >= 11 is 3.48. The summed E-state index contributed by atoms with van der Waals surface area (Å²) in [5, 5.41) is 1.03. The number of anilines is 1. The number of piperidine rings is 1. The Bertz CT molecular complexity index is 819. The van der Waals surface area contributed by atoms with Crippen molar-refractivity contribution in [3.8, 4) is 0 Å². The van der Waals surface area contributed by atoms with Gasteiger partial charge < -0.3 is 19.4 Å². The zero-order chi connectivity index (χ0) is 18.8. The highest BCUT2D eigenvalue weighted by molar-refractivity contribution is 9.10. The van der Waals surface area contributed by atoms with E-state index in [0.29, 0.717) is 26.3 Å². The second kappa shape index (κ2) is 7.98. The van der Waals surface area contributed by atoms with Gasteiger partial charge >= 0.3 is 6.03 Å². The molecule has 1 aromatic heterocycles. The van der Waals surface area contributed by atoms with E-state index in [1.165, 1.54) is 0 Å². The molecule has 0 aliphatic carbocycles. The van der Waals surface area contributed by atoms with Crippen LogP contribution < -0.4 is 4.90 Å². The van der Waals surface area contributed by atoms with Crippen LogP contribution in [0, 0.1) is 0 Å². The number of hydrogen-bond acceptors (Lipinski definition) is 5. The Kier molecular flexibility index (Phi) is 5.45. The minimum Gasteiger partial charge on any atom is -0.378 e. The fraction of sp³-hybridized carbons (Fsp3) is 0.526. The third kappa shape index (κ3) is 4.01. The van der Waals surface area contributed by atoms with Crippen molar-refractivity contribution in [1.82, 2.24) is 19.8 Å². The topological polar surface area (TPSA) is 61.8 Å². The summed E-state index contributed by atoms with van der Waals surface area (Å²) in [6.45, 7) is 4.34. The summed E-state index contributed by atoms with van der Waals surface area (Å²) in [5.41, 5.74) is 0.949. The predicted molar refractivity (Wildman–Crippen MR) is 108 cm³/mol. The molecule has 0 bridgehead atoms. The molecule has 27 heavy (non-hydrogen) atoms. The van der Waals surface area contributed by atoms with Crippen LogP contribution in [0.5, 0.6) is 0 Å². The van der Waals surface area contributed by atoms with Crippen molar-refractivity contribution in [3.63, 3.8) is 0 Å². The molecule has 2 aliphatic heterocycles. The molecule has 0 saturated carbocycles. The van der Waals surface area contributed by atoms with Gasteiger partial charge in [0.15, 0.2) is 0 Å². The molecule has 2 aromatic rings. The highest BCUT2D eigenvalue weighted by Crippen LogP contribution is 2.23. The van der Waals surface area contributed by atoms with Gasteiger partial charge in [0, 0.05) is 55.3 Å². The van der Waals surface area contributed by atoms with E-state index in [-0.39, 0.29) is 12.1 Å². The van der Waals surface area contributed by atoms with Gasteiger partial charge in [-0.05, 0) is 31.0 Å². The lowest BCUT2D eigenvalue weighted by Gasteiger charge is -2.39. The van der Waals surface area contributed by atoms with Crippen molar-refractivity contribution in [2.45, 2.75) is 18.9 Å². The highest BCUT2D eigenvalue weighted by Gasteiger charge is 2.29. The third-order valence-corrected chi connectivity index (χ3v) is 5.90. The largest absolute Gasteiger partial charge is 0.378 e. The van der Waals surface area contributed by atoms with Crippen molar-refractivity contribution in [3.05, 3.63) is 28.9 Å². The number of hydrogen-bond donors (Lipinski definition) is 0. The van der Waals surface area contributed by atoms with Crippen LogP contribution in [0.3, 0.4) is 0 Å². The Labute approximate surface area is 167 Å². The molecule has 0 N–H and O–H groups in total. The summed E-state index contributed by atoms with van der Waals surface area (Å²) in [6.07, 6.45) is 3.73. The number of carbonyl (C=O) groups is 1. The van der Waals surface area contributed by atoms with E-state index in [1.54, 1.807) is 0 Å². The van der Waals surface area contributed by atoms with Gasteiger partial charge in [-0.15, -0.1) is 0 Å². The molecule has 144 valence electrons. The summed E-state index contributed by atoms with van der Waals surface area (Å²) < 4.78 is 6.37. The van der Waals surface area contributed by atoms with Crippen LogP contribution in [0.4, 0.5) is 10.7 Å². The average Bonchev–Trinajstić information content (AvgIpc) is 2.73. The fourth-order valence-corrected chi connectivity index (χ4v) is 4.11. The number of amides is 2. The number of carbonyl (C=O) groups excluding carboxylic acids is 1. The minimum atomic E-state index is 0.115. The van der Waals surface area contributed by atoms with Crippen LogP contribution in [0.1, 0.15) is 12.8 Å². The normalized spacial score (nSPS) is 18.7. The van der Waals surface area contributed by atoms with Gasteiger partial charge in [0.25, 0.3) is 0 Å². The number of ether oxygens (including phenoxy) is 1. The maximum absolute atomic E-state index is 12.7. The maximum atomic E-state index is 12.7. The molecule has 4 rings (SSSR count). The Morgan fingerprint density at radius 3 is 2.70 bits per heavy atom. The molecule has 7 nitrogen and oxygen atoms in total. The molecule has 0 unspecified atom stereocenters. The minimum absolute atomic E-state index is 0.115. The SMILES string of the molecule is CN(C(=O)N1CCOCC1)C1CCN(c2ncc3cc(Br)ccc3n2)CC1. The number of morpholine rings is 1. The first kappa shape index (κ1) is 18.4. The van der Waals surface area contributed by atoms with Crippen LogP contribution in [-0.4, -0.2) is 78.3 Å². The first-order valence-corrected chi connectivity index (χ1v) is 10.2. The molecule has 2 aliphatic rings. The number of halogens is 1. The number of nitrogens with zero attached hydrogens (tertiary/aromatic N) is 5. The van der Waals surface area contributed by atoms with Crippen LogP contribution >= 0.6 is 15.9 Å². The standard InChI is InChI=1S/C19H24BrN5O2/c1-23(19(26)25-8-10-27-11-9-25)16-4-6-24(7-5-16)18-21-13-14-12-15(20)2-3-17(14)22-18/h2-3,12-13,16H,4-11H2,1H3. The van der Waals surface area contributed by atoms with E-state index < -0.39 is 0 Å².